The first-order valence-corrected chi connectivity index (χ1v) is 14.6. The maximum Gasteiger partial charge on any atom is 0.306 e. The van der Waals surface area contributed by atoms with E-state index in [4.69, 9.17) is 9.47 Å². The highest BCUT2D eigenvalue weighted by Gasteiger charge is 2.77. The van der Waals surface area contributed by atoms with Gasteiger partial charge in [0.15, 0.2) is 0 Å². The second-order valence-corrected chi connectivity index (χ2v) is 13.4. The summed E-state index contributed by atoms with van der Waals surface area (Å²) in [5.74, 6) is 5.17. The SMILES string of the molecule is CCOC(=O)C[C@H](/C=C/[C@@H](C)[C@H]1CC[C@H]2[C@@H]3C[C@@H](OC)[C@]45CC4CC[C@]5(C)[C@H]3CC[C@]12C)CC. The van der Waals surface area contributed by atoms with Crippen LogP contribution in [0.3, 0.4) is 0 Å². The van der Waals surface area contributed by atoms with Gasteiger partial charge in [0.05, 0.1) is 19.1 Å². The third-order valence-electron chi connectivity index (χ3n) is 12.5. The predicted octanol–water partition coefficient (Wildman–Crippen LogP) is 7.44. The van der Waals surface area contributed by atoms with Crippen molar-refractivity contribution in [2.45, 2.75) is 105 Å². The zero-order valence-corrected chi connectivity index (χ0v) is 22.8. The van der Waals surface area contributed by atoms with E-state index < -0.39 is 0 Å². The van der Waals surface area contributed by atoms with Crippen molar-refractivity contribution in [3.63, 3.8) is 0 Å². The molecule has 0 aromatic carbocycles. The van der Waals surface area contributed by atoms with E-state index in [1.54, 1.807) is 0 Å². The van der Waals surface area contributed by atoms with Crippen molar-refractivity contribution < 1.29 is 14.3 Å². The molecule has 11 atom stereocenters. The molecule has 0 saturated heterocycles. The van der Waals surface area contributed by atoms with Gasteiger partial charge in [0.25, 0.3) is 0 Å². The maximum atomic E-state index is 12.0. The molecule has 0 radical (unpaired) electrons. The van der Waals surface area contributed by atoms with Gasteiger partial charge in [0.1, 0.15) is 0 Å². The van der Waals surface area contributed by atoms with Crippen molar-refractivity contribution in [3.8, 4) is 0 Å². The van der Waals surface area contributed by atoms with Crippen LogP contribution in [0, 0.1) is 57.7 Å². The Hall–Kier alpha value is -0.830. The smallest absolute Gasteiger partial charge is 0.306 e. The van der Waals surface area contributed by atoms with E-state index in [0.717, 1.165) is 36.0 Å². The molecule has 34 heavy (non-hydrogen) atoms. The third-order valence-corrected chi connectivity index (χ3v) is 12.5. The lowest BCUT2D eigenvalue weighted by Crippen LogP contribution is -2.57. The average molecular weight is 471 g/mol. The fourth-order valence-electron chi connectivity index (χ4n) is 10.7. The molecule has 3 nitrogen and oxygen atoms in total. The van der Waals surface area contributed by atoms with Crippen molar-refractivity contribution in [1.82, 2.24) is 0 Å². The summed E-state index contributed by atoms with van der Waals surface area (Å²) in [6, 6.07) is 0. The molecular weight excluding hydrogens is 420 g/mol. The molecule has 5 aliphatic carbocycles. The average Bonchev–Trinajstić information content (AvgIpc) is 3.32. The molecule has 0 N–H and O–H groups in total. The Bertz CT molecular complexity index is 804. The maximum absolute atomic E-state index is 12.0. The zero-order valence-electron chi connectivity index (χ0n) is 22.8. The third kappa shape index (κ3) is 3.49. The van der Waals surface area contributed by atoms with E-state index in [9.17, 15) is 4.79 Å². The topological polar surface area (TPSA) is 35.5 Å². The number of fused-ring (bicyclic) bond motifs is 4. The van der Waals surface area contributed by atoms with Crippen LogP contribution in [0.5, 0.6) is 0 Å². The van der Waals surface area contributed by atoms with Gasteiger partial charge in [0.2, 0.25) is 0 Å². The van der Waals surface area contributed by atoms with Gasteiger partial charge < -0.3 is 9.47 Å². The number of hydrogen-bond acceptors (Lipinski definition) is 3. The Kier molecular flexibility index (Phi) is 6.52. The van der Waals surface area contributed by atoms with E-state index in [2.05, 4.69) is 39.8 Å². The summed E-state index contributed by atoms with van der Waals surface area (Å²) >= 11 is 0. The van der Waals surface area contributed by atoms with Crippen LogP contribution in [0.4, 0.5) is 0 Å². The summed E-state index contributed by atoms with van der Waals surface area (Å²) in [7, 11) is 2.00. The van der Waals surface area contributed by atoms with Crippen LogP contribution in [0.2, 0.25) is 0 Å². The first-order valence-electron chi connectivity index (χ1n) is 14.6. The summed E-state index contributed by atoms with van der Waals surface area (Å²) in [5, 5.41) is 0. The Labute approximate surface area is 208 Å². The van der Waals surface area contributed by atoms with Gasteiger partial charge >= 0.3 is 5.97 Å². The molecule has 0 bridgehead atoms. The number of carbonyl (C=O) groups excluding carboxylic acids is 1. The standard InChI is InChI=1S/C31H50O3/c1-7-21(17-28(32)34-8-2)10-9-20(3)24-11-12-25-23-18-27(33-6)31-19-22(31)13-16-30(31,5)26(23)14-15-29(24,25)4/h9-10,20-27H,7-8,11-19H2,1-6H3/b10-9+/t20-,21+,22?,23+,24-,25+,26+,27-,29-,30-,31+/m1/s1. The van der Waals surface area contributed by atoms with Gasteiger partial charge in [-0.3, -0.25) is 4.79 Å². The Morgan fingerprint density at radius 2 is 1.85 bits per heavy atom. The van der Waals surface area contributed by atoms with Crippen LogP contribution in [-0.2, 0) is 14.3 Å². The number of carbonyl (C=O) groups is 1. The Balaban J connectivity index is 1.31. The predicted molar refractivity (Wildman–Crippen MR) is 137 cm³/mol. The van der Waals surface area contributed by atoms with Crippen LogP contribution in [0.25, 0.3) is 0 Å². The molecule has 0 amide bonds. The first kappa shape index (κ1) is 24.8. The van der Waals surface area contributed by atoms with Crippen molar-refractivity contribution in [1.29, 1.82) is 0 Å². The molecule has 5 aliphatic rings. The molecule has 3 heteroatoms. The second-order valence-electron chi connectivity index (χ2n) is 13.4. The lowest BCUT2D eigenvalue weighted by Gasteiger charge is -2.61. The minimum atomic E-state index is -0.0565. The van der Waals surface area contributed by atoms with Gasteiger partial charge in [-0.05, 0) is 117 Å². The van der Waals surface area contributed by atoms with Gasteiger partial charge in [-0.15, -0.1) is 0 Å². The molecule has 5 saturated carbocycles. The fraction of sp³-hybridized carbons (Fsp3) is 0.903. The van der Waals surface area contributed by atoms with Crippen LogP contribution < -0.4 is 0 Å². The monoisotopic (exact) mass is 470 g/mol. The van der Waals surface area contributed by atoms with E-state index in [1.165, 1.54) is 51.4 Å². The summed E-state index contributed by atoms with van der Waals surface area (Å²) in [4.78, 5) is 12.0. The van der Waals surface area contributed by atoms with Crippen molar-refractivity contribution in [2.24, 2.45) is 57.7 Å². The second kappa shape index (κ2) is 8.93. The first-order chi connectivity index (χ1) is 16.2. The zero-order chi connectivity index (χ0) is 24.3. The number of ether oxygens (including phenoxy) is 2. The Morgan fingerprint density at radius 1 is 1.06 bits per heavy atom. The lowest BCUT2D eigenvalue weighted by molar-refractivity contribution is -0.160. The summed E-state index contributed by atoms with van der Waals surface area (Å²) in [6.45, 7) is 12.3. The van der Waals surface area contributed by atoms with Crippen LogP contribution in [0.15, 0.2) is 12.2 Å². The molecule has 1 unspecified atom stereocenters. The van der Waals surface area contributed by atoms with Gasteiger partial charge in [0, 0.05) is 12.5 Å². The normalized spacial score (nSPS) is 48.5. The summed E-state index contributed by atoms with van der Waals surface area (Å²) < 4.78 is 11.5. The quantitative estimate of drug-likeness (QED) is 0.273. The van der Waals surface area contributed by atoms with Crippen LogP contribution in [-0.4, -0.2) is 25.8 Å². The van der Waals surface area contributed by atoms with Crippen LogP contribution in [0.1, 0.15) is 98.8 Å². The number of esters is 1. The summed E-state index contributed by atoms with van der Waals surface area (Å²) in [5.41, 5.74) is 1.50. The highest BCUT2D eigenvalue weighted by molar-refractivity contribution is 5.69. The minimum Gasteiger partial charge on any atom is -0.466 e. The van der Waals surface area contributed by atoms with Crippen molar-refractivity contribution >= 4 is 5.97 Å². The molecule has 0 heterocycles. The molecule has 5 rings (SSSR count). The van der Waals surface area contributed by atoms with Crippen molar-refractivity contribution in [3.05, 3.63) is 12.2 Å². The molecule has 192 valence electrons. The molecular formula is C31H50O3. The summed E-state index contributed by atoms with van der Waals surface area (Å²) in [6.07, 6.45) is 18.1. The van der Waals surface area contributed by atoms with E-state index in [1.807, 2.05) is 14.0 Å². The molecule has 5 fully saturated rings. The van der Waals surface area contributed by atoms with Gasteiger partial charge in [-0.25, -0.2) is 0 Å². The number of rotatable bonds is 8. The number of hydrogen-bond donors (Lipinski definition) is 0. The molecule has 0 aromatic heterocycles. The Morgan fingerprint density at radius 3 is 2.53 bits per heavy atom. The highest BCUT2D eigenvalue weighted by atomic mass is 16.5. The van der Waals surface area contributed by atoms with E-state index >= 15 is 0 Å². The van der Waals surface area contributed by atoms with E-state index in [-0.39, 0.29) is 5.97 Å². The molecule has 1 spiro atoms. The minimum absolute atomic E-state index is 0.0565. The molecule has 0 aliphatic heterocycles. The van der Waals surface area contributed by atoms with Gasteiger partial charge in [-0.2, -0.15) is 0 Å². The largest absolute Gasteiger partial charge is 0.466 e. The fourth-order valence-corrected chi connectivity index (χ4v) is 10.7. The number of methoxy groups -OCH3 is 1. The molecule has 0 aromatic rings. The highest BCUT2D eigenvalue weighted by Crippen LogP contribution is 2.82. The van der Waals surface area contributed by atoms with E-state index in [0.29, 0.717) is 47.2 Å². The lowest BCUT2D eigenvalue weighted by atomic mass is 9.45. The van der Waals surface area contributed by atoms with Gasteiger partial charge in [-0.1, -0.05) is 39.8 Å². The van der Waals surface area contributed by atoms with Crippen LogP contribution >= 0.6 is 0 Å². The van der Waals surface area contributed by atoms with Crippen molar-refractivity contribution in [2.75, 3.05) is 13.7 Å². The number of allylic oxidation sites excluding steroid dienone is 2.